The molecule has 2 aliphatic rings. The highest BCUT2D eigenvalue weighted by Gasteiger charge is 2.38. The predicted octanol–water partition coefficient (Wildman–Crippen LogP) is 4.93. The van der Waals surface area contributed by atoms with Crippen molar-refractivity contribution in [2.45, 2.75) is 39.7 Å². The number of ether oxygens (including phenoxy) is 1. The van der Waals surface area contributed by atoms with Crippen LogP contribution in [0.1, 0.15) is 43.9 Å². The van der Waals surface area contributed by atoms with E-state index in [2.05, 4.69) is 36.6 Å². The number of fused-ring (bicyclic) bond motifs is 1. The normalized spacial score (nSPS) is 20.4. The van der Waals surface area contributed by atoms with Gasteiger partial charge in [0.25, 0.3) is 0 Å². The fourth-order valence-electron chi connectivity index (χ4n) is 4.18. The summed E-state index contributed by atoms with van der Waals surface area (Å²) in [6.45, 7) is 6.31. The summed E-state index contributed by atoms with van der Waals surface area (Å²) in [5, 5.41) is 17.1. The van der Waals surface area contributed by atoms with Crippen LogP contribution in [0.5, 0.6) is 11.5 Å². The molecule has 4 rings (SSSR count). The van der Waals surface area contributed by atoms with Crippen LogP contribution in [-0.4, -0.2) is 18.0 Å². The molecule has 1 aliphatic carbocycles. The van der Waals surface area contributed by atoms with Gasteiger partial charge in [-0.05, 0) is 54.2 Å². The van der Waals surface area contributed by atoms with Gasteiger partial charge in [0.15, 0.2) is 17.3 Å². The van der Waals surface area contributed by atoms with E-state index < -0.39 is 0 Å². The molecule has 1 heterocycles. The molecule has 0 unspecified atom stereocenters. The van der Waals surface area contributed by atoms with Gasteiger partial charge in [-0.15, -0.1) is 0 Å². The molecule has 0 aromatic heterocycles. The highest BCUT2D eigenvalue weighted by molar-refractivity contribution is 6.01. The number of nitrogens with one attached hydrogen (secondary N) is 2. The van der Waals surface area contributed by atoms with E-state index in [0.717, 1.165) is 40.2 Å². The number of benzene rings is 2. The second-order valence-electron chi connectivity index (χ2n) is 8.52. The lowest BCUT2D eigenvalue weighted by Gasteiger charge is -2.34. The van der Waals surface area contributed by atoms with Crippen molar-refractivity contribution in [3.05, 3.63) is 58.8 Å². The van der Waals surface area contributed by atoms with Gasteiger partial charge in [-0.3, -0.25) is 4.79 Å². The molecule has 2 aromatic carbocycles. The minimum atomic E-state index is -0.316. The van der Waals surface area contributed by atoms with Gasteiger partial charge in [-0.25, -0.2) is 0 Å². The summed E-state index contributed by atoms with van der Waals surface area (Å²) < 4.78 is 5.30. The quantitative estimate of drug-likeness (QED) is 0.691. The molecule has 0 fully saturated rings. The van der Waals surface area contributed by atoms with Crippen LogP contribution < -0.4 is 15.4 Å². The number of aryl methyl sites for hydroxylation is 1. The third kappa shape index (κ3) is 3.21. The third-order valence-corrected chi connectivity index (χ3v) is 5.51. The van der Waals surface area contributed by atoms with E-state index in [9.17, 15) is 9.90 Å². The SMILES string of the molecule is COc1cc([C@H]2Nc3cc(C)ccc3NC3=C2C(=O)CC(C)(C)C3)ccc1O. The summed E-state index contributed by atoms with van der Waals surface area (Å²) in [5.41, 5.74) is 5.59. The lowest BCUT2D eigenvalue weighted by molar-refractivity contribution is -0.118. The highest BCUT2D eigenvalue weighted by Crippen LogP contribution is 2.46. The second-order valence-corrected chi connectivity index (χ2v) is 8.52. The highest BCUT2D eigenvalue weighted by atomic mass is 16.5. The minimum absolute atomic E-state index is 0.0829. The third-order valence-electron chi connectivity index (χ3n) is 5.51. The molecular weight excluding hydrogens is 352 g/mol. The first-order chi connectivity index (χ1) is 13.3. The number of aromatic hydroxyl groups is 1. The van der Waals surface area contributed by atoms with Gasteiger partial charge in [0.2, 0.25) is 0 Å². The zero-order chi connectivity index (χ0) is 20.1. The van der Waals surface area contributed by atoms with Crippen molar-refractivity contribution in [2.75, 3.05) is 17.7 Å². The van der Waals surface area contributed by atoms with Crippen LogP contribution in [0.15, 0.2) is 47.7 Å². The van der Waals surface area contributed by atoms with Crippen LogP contribution in [0.3, 0.4) is 0 Å². The number of allylic oxidation sites excluding steroid dienone is 1. The zero-order valence-electron chi connectivity index (χ0n) is 16.7. The van der Waals surface area contributed by atoms with E-state index in [-0.39, 0.29) is 23.0 Å². The number of hydrogen-bond acceptors (Lipinski definition) is 5. The first kappa shape index (κ1) is 18.4. The lowest BCUT2D eigenvalue weighted by Crippen LogP contribution is -2.31. The Morgan fingerprint density at radius 3 is 2.64 bits per heavy atom. The molecule has 28 heavy (non-hydrogen) atoms. The molecule has 0 saturated carbocycles. The van der Waals surface area contributed by atoms with Crippen molar-refractivity contribution >= 4 is 17.2 Å². The maximum atomic E-state index is 13.2. The fourth-order valence-corrected chi connectivity index (χ4v) is 4.18. The van der Waals surface area contributed by atoms with Gasteiger partial charge in [-0.1, -0.05) is 26.0 Å². The van der Waals surface area contributed by atoms with Gasteiger partial charge in [0.05, 0.1) is 24.5 Å². The Hall–Kier alpha value is -2.95. The Morgan fingerprint density at radius 2 is 1.89 bits per heavy atom. The Bertz CT molecular complexity index is 991. The van der Waals surface area contributed by atoms with Crippen LogP contribution in [0, 0.1) is 12.3 Å². The second kappa shape index (κ2) is 6.59. The zero-order valence-corrected chi connectivity index (χ0v) is 16.7. The van der Waals surface area contributed by atoms with Crippen molar-refractivity contribution < 1.29 is 14.6 Å². The van der Waals surface area contributed by atoms with E-state index in [1.165, 1.54) is 7.11 Å². The van der Waals surface area contributed by atoms with Crippen LogP contribution in [0.2, 0.25) is 0 Å². The van der Waals surface area contributed by atoms with Crippen molar-refractivity contribution in [3.8, 4) is 11.5 Å². The molecule has 0 bridgehead atoms. The average molecular weight is 378 g/mol. The first-order valence-corrected chi connectivity index (χ1v) is 9.55. The van der Waals surface area contributed by atoms with Crippen LogP contribution in [-0.2, 0) is 4.79 Å². The predicted molar refractivity (Wildman–Crippen MR) is 111 cm³/mol. The fraction of sp³-hybridized carbons (Fsp3) is 0.348. The van der Waals surface area contributed by atoms with Gasteiger partial charge < -0.3 is 20.5 Å². The molecule has 1 aliphatic heterocycles. The van der Waals surface area contributed by atoms with Crippen LogP contribution in [0.4, 0.5) is 11.4 Å². The monoisotopic (exact) mass is 378 g/mol. The number of phenols is 1. The Morgan fingerprint density at radius 1 is 1.11 bits per heavy atom. The molecule has 0 spiro atoms. The molecular formula is C23H26N2O3. The van der Waals surface area contributed by atoms with Gasteiger partial charge in [0, 0.05) is 17.7 Å². The van der Waals surface area contributed by atoms with Crippen molar-refractivity contribution in [3.63, 3.8) is 0 Å². The first-order valence-electron chi connectivity index (χ1n) is 9.55. The maximum absolute atomic E-state index is 13.2. The number of carbonyl (C=O) groups is 1. The summed E-state index contributed by atoms with van der Waals surface area (Å²) in [5.74, 6) is 0.624. The van der Waals surface area contributed by atoms with E-state index in [4.69, 9.17) is 4.74 Å². The molecule has 1 atom stereocenters. The van der Waals surface area contributed by atoms with Crippen molar-refractivity contribution in [1.82, 2.24) is 0 Å². The van der Waals surface area contributed by atoms with E-state index in [1.54, 1.807) is 12.1 Å². The largest absolute Gasteiger partial charge is 0.504 e. The number of phenolic OH excluding ortho intramolecular Hbond substituents is 1. The van der Waals surface area contributed by atoms with E-state index in [0.29, 0.717) is 12.2 Å². The number of anilines is 2. The summed E-state index contributed by atoms with van der Waals surface area (Å²) >= 11 is 0. The molecule has 0 amide bonds. The lowest BCUT2D eigenvalue weighted by atomic mass is 9.73. The summed E-state index contributed by atoms with van der Waals surface area (Å²) in [4.78, 5) is 13.2. The standard InChI is InChI=1S/C23H26N2O3/c1-13-5-7-15-16(9-13)25-22(14-6-8-18(26)20(10-14)28-4)21-17(24-15)11-23(2,3)12-19(21)27/h5-10,22,24-26H,11-12H2,1-4H3/t22-/m1/s1. The minimum Gasteiger partial charge on any atom is -0.504 e. The topological polar surface area (TPSA) is 70.6 Å². The molecule has 0 saturated heterocycles. The number of Topliss-reactive ketones (excluding diaryl/α,β-unsaturated/α-hetero) is 1. The summed E-state index contributed by atoms with van der Waals surface area (Å²) in [6.07, 6.45) is 1.31. The van der Waals surface area contributed by atoms with Crippen molar-refractivity contribution in [1.29, 1.82) is 0 Å². The number of methoxy groups -OCH3 is 1. The van der Waals surface area contributed by atoms with Gasteiger partial charge in [-0.2, -0.15) is 0 Å². The van der Waals surface area contributed by atoms with Crippen LogP contribution in [0.25, 0.3) is 0 Å². The number of rotatable bonds is 2. The smallest absolute Gasteiger partial charge is 0.163 e. The molecule has 5 nitrogen and oxygen atoms in total. The van der Waals surface area contributed by atoms with Crippen LogP contribution >= 0.6 is 0 Å². The average Bonchev–Trinajstić information content (AvgIpc) is 2.77. The number of carbonyl (C=O) groups excluding carboxylic acids is 1. The number of ketones is 1. The number of hydrogen-bond donors (Lipinski definition) is 3. The van der Waals surface area contributed by atoms with Crippen molar-refractivity contribution in [2.24, 2.45) is 5.41 Å². The van der Waals surface area contributed by atoms with E-state index >= 15 is 0 Å². The maximum Gasteiger partial charge on any atom is 0.163 e. The summed E-state index contributed by atoms with van der Waals surface area (Å²) in [6, 6.07) is 11.1. The van der Waals surface area contributed by atoms with Gasteiger partial charge in [0.1, 0.15) is 0 Å². The molecule has 5 heteroatoms. The Kier molecular flexibility index (Phi) is 4.33. The molecule has 0 radical (unpaired) electrons. The van der Waals surface area contributed by atoms with Gasteiger partial charge >= 0.3 is 0 Å². The Labute approximate surface area is 165 Å². The van der Waals surface area contributed by atoms with E-state index in [1.807, 2.05) is 19.1 Å². The molecule has 3 N–H and O–H groups in total. The Balaban J connectivity index is 1.90. The summed E-state index contributed by atoms with van der Waals surface area (Å²) in [7, 11) is 1.53. The molecule has 146 valence electrons. The molecule has 2 aromatic rings.